The van der Waals surface area contributed by atoms with Crippen LogP contribution in [-0.4, -0.2) is 24.4 Å². The van der Waals surface area contributed by atoms with Crippen molar-refractivity contribution >= 4 is 53.5 Å². The van der Waals surface area contributed by atoms with Crippen LogP contribution >= 0.6 is 47.8 Å². The van der Waals surface area contributed by atoms with Crippen molar-refractivity contribution in [3.05, 3.63) is 55.9 Å². The summed E-state index contributed by atoms with van der Waals surface area (Å²) in [4.78, 5) is 0. The van der Waals surface area contributed by atoms with E-state index in [2.05, 4.69) is 53.1 Å². The van der Waals surface area contributed by atoms with E-state index in [4.69, 9.17) is 4.74 Å². The molecule has 0 spiro atoms. The molecule has 0 fully saturated rings. The molecule has 0 bridgehead atoms. The Hall–Kier alpha value is -0.560. The van der Waals surface area contributed by atoms with Crippen LogP contribution in [0.15, 0.2) is 55.9 Å². The lowest BCUT2D eigenvalue weighted by Crippen LogP contribution is -2.26. The Morgan fingerprint density at radius 2 is 1.81 bits per heavy atom. The van der Waals surface area contributed by atoms with E-state index in [-0.39, 0.29) is 6.61 Å². The van der Waals surface area contributed by atoms with Crippen LogP contribution in [0.4, 0.5) is 5.69 Å². The van der Waals surface area contributed by atoms with Gasteiger partial charge in [0.15, 0.2) is 0 Å². The van der Waals surface area contributed by atoms with E-state index in [0.29, 0.717) is 6.54 Å². The van der Waals surface area contributed by atoms with Crippen LogP contribution in [0, 0.1) is 0 Å². The van der Waals surface area contributed by atoms with Gasteiger partial charge < -0.3 is 15.2 Å². The number of ether oxygens (including phenoxy) is 1. The van der Waals surface area contributed by atoms with Gasteiger partial charge in [0, 0.05) is 25.7 Å². The van der Waals surface area contributed by atoms with Crippen molar-refractivity contribution in [2.75, 3.05) is 18.5 Å². The Labute approximate surface area is 149 Å². The molecule has 2 aromatic rings. The maximum absolute atomic E-state index is 9.96. The summed E-state index contributed by atoms with van der Waals surface area (Å²) in [5.41, 5.74) is 0.930. The molecule has 2 N–H and O–H groups in total. The van der Waals surface area contributed by atoms with Crippen molar-refractivity contribution in [3.8, 4) is 5.75 Å². The van der Waals surface area contributed by atoms with Gasteiger partial charge in [-0.1, -0.05) is 37.9 Å². The van der Waals surface area contributed by atoms with Gasteiger partial charge in [-0.3, -0.25) is 0 Å². The molecule has 21 heavy (non-hydrogen) atoms. The number of aliphatic hydroxyl groups excluding tert-OH is 1. The van der Waals surface area contributed by atoms with Crippen molar-refractivity contribution in [2.45, 2.75) is 6.10 Å². The molecule has 1 unspecified atom stereocenters. The first kappa shape index (κ1) is 16.8. The molecule has 112 valence electrons. The molecular formula is C15H14Br3NO2. The molecule has 2 aromatic carbocycles. The summed E-state index contributed by atoms with van der Waals surface area (Å²) >= 11 is 10.3. The SMILES string of the molecule is OC(CNc1ccc(Br)cc1Br)COc1cccc(Br)c1. The molecule has 0 saturated heterocycles. The number of rotatable bonds is 6. The van der Waals surface area contributed by atoms with Crippen molar-refractivity contribution in [3.63, 3.8) is 0 Å². The summed E-state index contributed by atoms with van der Waals surface area (Å²) in [5.74, 6) is 0.730. The van der Waals surface area contributed by atoms with E-state index in [9.17, 15) is 5.11 Å². The lowest BCUT2D eigenvalue weighted by atomic mass is 10.3. The van der Waals surface area contributed by atoms with Crippen LogP contribution in [0.25, 0.3) is 0 Å². The summed E-state index contributed by atoms with van der Waals surface area (Å²) in [5, 5.41) is 13.1. The van der Waals surface area contributed by atoms with Crippen molar-refractivity contribution in [1.29, 1.82) is 0 Å². The van der Waals surface area contributed by atoms with Crippen LogP contribution < -0.4 is 10.1 Å². The molecular weight excluding hydrogens is 466 g/mol. The average molecular weight is 480 g/mol. The van der Waals surface area contributed by atoms with Gasteiger partial charge in [0.05, 0.1) is 0 Å². The summed E-state index contributed by atoms with van der Waals surface area (Å²) in [6, 6.07) is 13.4. The maximum Gasteiger partial charge on any atom is 0.120 e. The number of halogens is 3. The molecule has 0 aromatic heterocycles. The second-order valence-corrected chi connectivity index (χ2v) is 7.11. The van der Waals surface area contributed by atoms with Gasteiger partial charge in [-0.15, -0.1) is 0 Å². The fraction of sp³-hybridized carbons (Fsp3) is 0.200. The van der Waals surface area contributed by atoms with Gasteiger partial charge in [0.2, 0.25) is 0 Å². The fourth-order valence-corrected chi connectivity index (χ4v) is 3.23. The summed E-state index contributed by atoms with van der Waals surface area (Å²) in [6.07, 6.45) is -0.598. The zero-order chi connectivity index (χ0) is 15.2. The first-order valence-corrected chi connectivity index (χ1v) is 8.68. The van der Waals surface area contributed by atoms with Gasteiger partial charge >= 0.3 is 0 Å². The molecule has 0 aliphatic heterocycles. The monoisotopic (exact) mass is 477 g/mol. The minimum Gasteiger partial charge on any atom is -0.491 e. The Balaban J connectivity index is 1.80. The number of hydrogen-bond donors (Lipinski definition) is 2. The molecule has 0 aliphatic rings. The topological polar surface area (TPSA) is 41.5 Å². The number of benzene rings is 2. The maximum atomic E-state index is 9.96. The predicted octanol–water partition coefficient (Wildman–Crippen LogP) is 4.83. The zero-order valence-electron chi connectivity index (χ0n) is 11.0. The van der Waals surface area contributed by atoms with Gasteiger partial charge in [-0.25, -0.2) is 0 Å². The predicted molar refractivity (Wildman–Crippen MR) is 96.0 cm³/mol. The standard InChI is InChI=1S/C15H14Br3NO2/c16-10-2-1-3-13(6-10)21-9-12(20)8-19-15-5-4-11(17)7-14(15)18/h1-7,12,19-20H,8-9H2. The number of nitrogens with one attached hydrogen (secondary N) is 1. The Morgan fingerprint density at radius 3 is 2.52 bits per heavy atom. The van der Waals surface area contributed by atoms with Crippen molar-refractivity contribution in [1.82, 2.24) is 0 Å². The van der Waals surface area contributed by atoms with Gasteiger partial charge in [-0.2, -0.15) is 0 Å². The highest BCUT2D eigenvalue weighted by Gasteiger charge is 2.07. The Kier molecular flexibility index (Phi) is 6.54. The molecule has 0 aliphatic carbocycles. The summed E-state index contributed by atoms with van der Waals surface area (Å²) < 4.78 is 8.44. The van der Waals surface area contributed by atoms with E-state index < -0.39 is 6.10 Å². The van der Waals surface area contributed by atoms with Crippen molar-refractivity contribution < 1.29 is 9.84 Å². The third-order valence-corrected chi connectivity index (χ3v) is 4.34. The first-order valence-electron chi connectivity index (χ1n) is 6.30. The average Bonchev–Trinajstić information content (AvgIpc) is 2.44. The first-order chi connectivity index (χ1) is 10.0. The summed E-state index contributed by atoms with van der Waals surface area (Å²) in [7, 11) is 0. The number of hydrogen-bond acceptors (Lipinski definition) is 3. The van der Waals surface area contributed by atoms with Gasteiger partial charge in [0.1, 0.15) is 18.5 Å². The number of aliphatic hydroxyl groups is 1. The fourth-order valence-electron chi connectivity index (χ4n) is 1.67. The lowest BCUT2D eigenvalue weighted by Gasteiger charge is -2.15. The number of anilines is 1. The molecule has 0 radical (unpaired) electrons. The van der Waals surface area contributed by atoms with Crippen LogP contribution in [0.3, 0.4) is 0 Å². The second kappa shape index (κ2) is 8.17. The Bertz CT molecular complexity index is 607. The van der Waals surface area contributed by atoms with Crippen molar-refractivity contribution in [2.24, 2.45) is 0 Å². The van der Waals surface area contributed by atoms with Crippen LogP contribution in [-0.2, 0) is 0 Å². The van der Waals surface area contributed by atoms with Crippen LogP contribution in [0.5, 0.6) is 5.75 Å². The lowest BCUT2D eigenvalue weighted by molar-refractivity contribution is 0.117. The molecule has 2 rings (SSSR count). The minimum absolute atomic E-state index is 0.234. The minimum atomic E-state index is -0.598. The zero-order valence-corrected chi connectivity index (χ0v) is 15.8. The van der Waals surface area contributed by atoms with E-state index in [1.807, 2.05) is 42.5 Å². The normalized spacial score (nSPS) is 12.0. The third kappa shape index (κ3) is 5.62. The molecule has 1 atom stereocenters. The second-order valence-electron chi connectivity index (χ2n) is 4.43. The smallest absolute Gasteiger partial charge is 0.120 e. The summed E-state index contributed by atoms with van der Waals surface area (Å²) in [6.45, 7) is 0.645. The Morgan fingerprint density at radius 1 is 1.05 bits per heavy atom. The highest BCUT2D eigenvalue weighted by molar-refractivity contribution is 9.11. The van der Waals surface area contributed by atoms with E-state index >= 15 is 0 Å². The van der Waals surface area contributed by atoms with Gasteiger partial charge in [0.25, 0.3) is 0 Å². The highest BCUT2D eigenvalue weighted by atomic mass is 79.9. The van der Waals surface area contributed by atoms with E-state index in [0.717, 1.165) is 24.9 Å². The quantitative estimate of drug-likeness (QED) is 0.623. The molecule has 3 nitrogen and oxygen atoms in total. The molecule has 0 heterocycles. The van der Waals surface area contributed by atoms with E-state index in [1.54, 1.807) is 0 Å². The van der Waals surface area contributed by atoms with Crippen LogP contribution in [0.1, 0.15) is 0 Å². The molecule has 0 saturated carbocycles. The van der Waals surface area contributed by atoms with Crippen LogP contribution in [0.2, 0.25) is 0 Å². The largest absolute Gasteiger partial charge is 0.491 e. The third-order valence-electron chi connectivity index (χ3n) is 2.70. The highest BCUT2D eigenvalue weighted by Crippen LogP contribution is 2.26. The van der Waals surface area contributed by atoms with E-state index in [1.165, 1.54) is 0 Å². The molecule has 0 amide bonds. The molecule has 6 heteroatoms. The van der Waals surface area contributed by atoms with Gasteiger partial charge in [-0.05, 0) is 52.3 Å².